The molecule has 0 aliphatic heterocycles. The summed E-state index contributed by atoms with van der Waals surface area (Å²) in [4.78, 5) is 21.7. The molecule has 18 heavy (non-hydrogen) atoms. The van der Waals surface area contributed by atoms with Crippen molar-refractivity contribution in [1.29, 1.82) is 0 Å². The number of carboxylic acid groups (broad SMARTS) is 1. The van der Waals surface area contributed by atoms with E-state index < -0.39 is 5.97 Å². The summed E-state index contributed by atoms with van der Waals surface area (Å²) in [5.74, 6) is -0.819. The van der Waals surface area contributed by atoms with Crippen LogP contribution in [0.15, 0.2) is 36.9 Å². The van der Waals surface area contributed by atoms with Crippen LogP contribution in [0.2, 0.25) is 0 Å². The molecule has 1 rings (SSSR count). The molecule has 0 bridgehead atoms. The highest BCUT2D eigenvalue weighted by Crippen LogP contribution is 2.10. The average Bonchev–Trinajstić information content (AvgIpc) is 2.35. The van der Waals surface area contributed by atoms with Gasteiger partial charge in [0.05, 0.1) is 0 Å². The first-order valence-electron chi connectivity index (χ1n) is 5.58. The number of aryl methyl sites for hydroxylation is 1. The summed E-state index contributed by atoms with van der Waals surface area (Å²) >= 11 is 0. The third-order valence-electron chi connectivity index (χ3n) is 2.25. The Hall–Kier alpha value is -2.30. The molecule has 0 spiro atoms. The number of benzene rings is 1. The minimum atomic E-state index is -0.819. The molecule has 2 amide bonds. The molecule has 5 nitrogen and oxygen atoms in total. The van der Waals surface area contributed by atoms with Crippen molar-refractivity contribution in [2.24, 2.45) is 0 Å². The Morgan fingerprint density at radius 2 is 1.94 bits per heavy atom. The maximum Gasteiger partial charge on any atom is 0.319 e. The fourth-order valence-corrected chi connectivity index (χ4v) is 1.35. The van der Waals surface area contributed by atoms with Crippen LogP contribution in [0.4, 0.5) is 10.5 Å². The molecule has 0 atom stereocenters. The number of hydrogen-bond donors (Lipinski definition) is 3. The van der Waals surface area contributed by atoms with Gasteiger partial charge in [0.15, 0.2) is 0 Å². The number of carboxylic acids is 1. The molecule has 0 heterocycles. The molecule has 0 saturated carbocycles. The van der Waals surface area contributed by atoms with E-state index in [0.29, 0.717) is 18.7 Å². The second kappa shape index (κ2) is 7.11. The molecule has 0 aliphatic carbocycles. The van der Waals surface area contributed by atoms with E-state index in [-0.39, 0.29) is 12.5 Å². The topological polar surface area (TPSA) is 78.4 Å². The molecule has 0 radical (unpaired) electrons. The highest BCUT2D eigenvalue weighted by atomic mass is 16.4. The van der Waals surface area contributed by atoms with Crippen molar-refractivity contribution in [3.05, 3.63) is 42.5 Å². The minimum Gasteiger partial charge on any atom is -0.481 e. The molecule has 1 aromatic carbocycles. The number of carbonyl (C=O) groups is 2. The predicted octanol–water partition coefficient (Wildman–Crippen LogP) is 2.01. The molecular formula is C13H16N2O3. The van der Waals surface area contributed by atoms with Crippen molar-refractivity contribution < 1.29 is 14.7 Å². The van der Waals surface area contributed by atoms with E-state index in [1.165, 1.54) is 0 Å². The lowest BCUT2D eigenvalue weighted by atomic mass is 10.1. The van der Waals surface area contributed by atoms with Gasteiger partial charge >= 0.3 is 12.0 Å². The summed E-state index contributed by atoms with van der Waals surface area (Å²) in [7, 11) is 0. The smallest absolute Gasteiger partial charge is 0.319 e. The van der Waals surface area contributed by atoms with E-state index in [9.17, 15) is 9.59 Å². The highest BCUT2D eigenvalue weighted by Gasteiger charge is 2.01. The quantitative estimate of drug-likeness (QED) is 0.674. The maximum absolute atomic E-state index is 11.3. The molecule has 0 saturated heterocycles. The highest BCUT2D eigenvalue weighted by molar-refractivity contribution is 5.89. The monoisotopic (exact) mass is 248 g/mol. The van der Waals surface area contributed by atoms with Crippen molar-refractivity contribution in [3.8, 4) is 0 Å². The standard InChI is InChI=1S/C13H16N2O3/c1-2-9-14-13(18)15-11-6-3-10(4-7-11)5-8-12(16)17/h2-4,6-7H,1,5,8-9H2,(H,16,17)(H2,14,15,18). The van der Waals surface area contributed by atoms with Gasteiger partial charge in [0, 0.05) is 18.7 Å². The maximum atomic E-state index is 11.3. The molecule has 1 aromatic rings. The fraction of sp³-hybridized carbons (Fsp3) is 0.231. The van der Waals surface area contributed by atoms with Gasteiger partial charge in [-0.2, -0.15) is 0 Å². The van der Waals surface area contributed by atoms with Gasteiger partial charge in [0.1, 0.15) is 0 Å². The van der Waals surface area contributed by atoms with Crippen molar-refractivity contribution >= 4 is 17.7 Å². The van der Waals surface area contributed by atoms with Crippen LogP contribution >= 0.6 is 0 Å². The van der Waals surface area contributed by atoms with Crippen LogP contribution in [0.3, 0.4) is 0 Å². The summed E-state index contributed by atoms with van der Waals surface area (Å²) in [6.45, 7) is 3.90. The Bertz CT molecular complexity index is 426. The lowest BCUT2D eigenvalue weighted by Gasteiger charge is -2.06. The first-order valence-corrected chi connectivity index (χ1v) is 5.58. The Balaban J connectivity index is 2.46. The molecule has 3 N–H and O–H groups in total. The van der Waals surface area contributed by atoms with Crippen LogP contribution in [0.25, 0.3) is 0 Å². The number of nitrogens with one attached hydrogen (secondary N) is 2. The second-order valence-corrected chi connectivity index (χ2v) is 3.71. The number of urea groups is 1. The number of hydrogen-bond acceptors (Lipinski definition) is 2. The van der Waals surface area contributed by atoms with Crippen LogP contribution in [-0.2, 0) is 11.2 Å². The van der Waals surface area contributed by atoms with Gasteiger partial charge in [-0.1, -0.05) is 18.2 Å². The number of amides is 2. The van der Waals surface area contributed by atoms with Crippen LogP contribution in [0.5, 0.6) is 0 Å². The van der Waals surface area contributed by atoms with Gasteiger partial charge in [-0.25, -0.2) is 4.79 Å². The van der Waals surface area contributed by atoms with Gasteiger partial charge in [-0.05, 0) is 24.1 Å². The normalized spacial score (nSPS) is 9.56. The predicted molar refractivity (Wildman–Crippen MR) is 69.6 cm³/mol. The minimum absolute atomic E-state index is 0.104. The molecule has 5 heteroatoms. The van der Waals surface area contributed by atoms with E-state index in [4.69, 9.17) is 5.11 Å². The van der Waals surface area contributed by atoms with E-state index in [0.717, 1.165) is 5.56 Å². The lowest BCUT2D eigenvalue weighted by Crippen LogP contribution is -2.28. The molecular weight excluding hydrogens is 232 g/mol. The van der Waals surface area contributed by atoms with Crippen LogP contribution in [-0.4, -0.2) is 23.7 Å². The van der Waals surface area contributed by atoms with Gasteiger partial charge in [0.25, 0.3) is 0 Å². The lowest BCUT2D eigenvalue weighted by molar-refractivity contribution is -0.136. The van der Waals surface area contributed by atoms with E-state index >= 15 is 0 Å². The summed E-state index contributed by atoms with van der Waals surface area (Å²) in [6.07, 6.45) is 2.18. The zero-order chi connectivity index (χ0) is 13.4. The summed E-state index contributed by atoms with van der Waals surface area (Å²) in [5.41, 5.74) is 1.59. The van der Waals surface area contributed by atoms with E-state index in [2.05, 4.69) is 17.2 Å². The second-order valence-electron chi connectivity index (χ2n) is 3.71. The van der Waals surface area contributed by atoms with Crippen LogP contribution in [0, 0.1) is 0 Å². The Kier molecular flexibility index (Phi) is 5.44. The molecule has 0 unspecified atom stereocenters. The van der Waals surface area contributed by atoms with Crippen molar-refractivity contribution in [1.82, 2.24) is 5.32 Å². The van der Waals surface area contributed by atoms with E-state index in [1.54, 1.807) is 30.3 Å². The van der Waals surface area contributed by atoms with Crippen molar-refractivity contribution in [2.45, 2.75) is 12.8 Å². The van der Waals surface area contributed by atoms with Crippen LogP contribution < -0.4 is 10.6 Å². The zero-order valence-electron chi connectivity index (χ0n) is 9.98. The third kappa shape index (κ3) is 5.16. The van der Waals surface area contributed by atoms with Gasteiger partial charge < -0.3 is 15.7 Å². The molecule has 0 fully saturated rings. The first kappa shape index (κ1) is 13.8. The van der Waals surface area contributed by atoms with Crippen molar-refractivity contribution in [3.63, 3.8) is 0 Å². The van der Waals surface area contributed by atoms with E-state index in [1.807, 2.05) is 0 Å². The summed E-state index contributed by atoms with van der Waals surface area (Å²) < 4.78 is 0. The number of carbonyl (C=O) groups excluding carboxylic acids is 1. The van der Waals surface area contributed by atoms with Gasteiger partial charge in [-0.15, -0.1) is 6.58 Å². The zero-order valence-corrected chi connectivity index (χ0v) is 9.98. The number of anilines is 1. The Morgan fingerprint density at radius 1 is 1.28 bits per heavy atom. The molecule has 0 aliphatic rings. The fourth-order valence-electron chi connectivity index (χ4n) is 1.35. The SMILES string of the molecule is C=CCNC(=O)Nc1ccc(CCC(=O)O)cc1. The third-order valence-corrected chi connectivity index (χ3v) is 2.25. The van der Waals surface area contributed by atoms with Crippen molar-refractivity contribution in [2.75, 3.05) is 11.9 Å². The van der Waals surface area contributed by atoms with Crippen LogP contribution in [0.1, 0.15) is 12.0 Å². The largest absolute Gasteiger partial charge is 0.481 e. The summed E-state index contributed by atoms with van der Waals surface area (Å²) in [5, 5.41) is 13.8. The van der Waals surface area contributed by atoms with Gasteiger partial charge in [-0.3, -0.25) is 4.79 Å². The number of aliphatic carboxylic acids is 1. The first-order chi connectivity index (χ1) is 8.61. The summed E-state index contributed by atoms with van der Waals surface area (Å²) in [6, 6.07) is 6.78. The Labute approximate surface area is 106 Å². The van der Waals surface area contributed by atoms with Gasteiger partial charge in [0.2, 0.25) is 0 Å². The number of rotatable bonds is 6. The average molecular weight is 248 g/mol. The molecule has 96 valence electrons. The Morgan fingerprint density at radius 3 is 2.50 bits per heavy atom. The molecule has 0 aromatic heterocycles.